The third-order valence-electron chi connectivity index (χ3n) is 2.54. The lowest BCUT2D eigenvalue weighted by atomic mass is 10.3. The Morgan fingerprint density at radius 1 is 1.42 bits per heavy atom. The molecule has 0 unspecified atom stereocenters. The van der Waals surface area contributed by atoms with Gasteiger partial charge in [-0.25, -0.2) is 0 Å². The van der Waals surface area contributed by atoms with Crippen molar-refractivity contribution in [1.29, 1.82) is 0 Å². The van der Waals surface area contributed by atoms with Crippen molar-refractivity contribution >= 4 is 5.91 Å². The molecule has 6 nitrogen and oxygen atoms in total. The summed E-state index contributed by atoms with van der Waals surface area (Å²) in [5, 5.41) is 15.4. The zero-order valence-corrected chi connectivity index (χ0v) is 11.4. The number of aryl methyl sites for hydroxylation is 1. The molecule has 106 valence electrons. The van der Waals surface area contributed by atoms with E-state index in [-0.39, 0.29) is 11.7 Å². The lowest BCUT2D eigenvalue weighted by Gasteiger charge is -2.07. The van der Waals surface area contributed by atoms with Gasteiger partial charge < -0.3 is 20.5 Å². The van der Waals surface area contributed by atoms with Crippen molar-refractivity contribution < 1.29 is 14.6 Å². The number of nitrogens with zero attached hydrogens (tertiary/aromatic N) is 1. The van der Waals surface area contributed by atoms with Gasteiger partial charge in [0, 0.05) is 38.9 Å². The average Bonchev–Trinajstić information content (AvgIpc) is 2.39. The number of hydrogen-bond donors (Lipinski definition) is 3. The summed E-state index contributed by atoms with van der Waals surface area (Å²) in [4.78, 5) is 15.6. The first-order valence-electron chi connectivity index (χ1n) is 6.25. The molecule has 1 heterocycles. The molecule has 1 amide bonds. The maximum atomic E-state index is 11.4. The number of aromatic nitrogens is 1. The lowest BCUT2D eigenvalue weighted by Crippen LogP contribution is -2.30. The van der Waals surface area contributed by atoms with Gasteiger partial charge in [0.05, 0.1) is 12.3 Å². The number of carbonyl (C=O) groups is 1. The lowest BCUT2D eigenvalue weighted by molar-refractivity contribution is -0.121. The third kappa shape index (κ3) is 6.17. The minimum Gasteiger partial charge on any atom is -0.506 e. The molecular formula is C13H21N3O3. The number of hydrogen-bond acceptors (Lipinski definition) is 5. The van der Waals surface area contributed by atoms with Gasteiger partial charge >= 0.3 is 0 Å². The van der Waals surface area contributed by atoms with Crippen molar-refractivity contribution in [1.82, 2.24) is 15.6 Å². The normalized spacial score (nSPS) is 10.4. The summed E-state index contributed by atoms with van der Waals surface area (Å²) in [5.74, 6) is 0.147. The van der Waals surface area contributed by atoms with Crippen molar-refractivity contribution in [3.05, 3.63) is 23.5 Å². The van der Waals surface area contributed by atoms with E-state index in [1.54, 1.807) is 19.2 Å². The quantitative estimate of drug-likeness (QED) is 0.591. The van der Waals surface area contributed by atoms with E-state index < -0.39 is 0 Å². The maximum absolute atomic E-state index is 11.4. The second kappa shape index (κ2) is 8.44. The largest absolute Gasteiger partial charge is 0.506 e. The fourth-order valence-corrected chi connectivity index (χ4v) is 1.52. The molecule has 3 N–H and O–H groups in total. The van der Waals surface area contributed by atoms with E-state index in [9.17, 15) is 9.90 Å². The van der Waals surface area contributed by atoms with Crippen LogP contribution < -0.4 is 10.6 Å². The van der Waals surface area contributed by atoms with Crippen molar-refractivity contribution in [3.8, 4) is 5.75 Å². The van der Waals surface area contributed by atoms with Crippen LogP contribution in [0.1, 0.15) is 17.8 Å². The molecule has 0 fully saturated rings. The Hall–Kier alpha value is -1.66. The van der Waals surface area contributed by atoms with E-state index in [0.717, 1.165) is 5.69 Å². The van der Waals surface area contributed by atoms with Gasteiger partial charge in [-0.15, -0.1) is 0 Å². The summed E-state index contributed by atoms with van der Waals surface area (Å²) in [5.41, 5.74) is 1.45. The maximum Gasteiger partial charge on any atom is 0.221 e. The molecule has 0 atom stereocenters. The monoisotopic (exact) mass is 267 g/mol. The van der Waals surface area contributed by atoms with Crippen LogP contribution in [0, 0.1) is 6.92 Å². The minimum atomic E-state index is -0.0222. The number of aromatic hydroxyl groups is 1. The number of ether oxygens (including phenoxy) is 1. The molecule has 0 saturated heterocycles. The molecule has 0 spiro atoms. The van der Waals surface area contributed by atoms with Crippen molar-refractivity contribution in [2.45, 2.75) is 19.9 Å². The Balaban J connectivity index is 2.20. The molecule has 0 saturated carbocycles. The summed E-state index contributed by atoms with van der Waals surface area (Å²) >= 11 is 0. The van der Waals surface area contributed by atoms with Gasteiger partial charge in [0.15, 0.2) is 0 Å². The highest BCUT2D eigenvalue weighted by Gasteiger charge is 2.04. The zero-order chi connectivity index (χ0) is 14.1. The first kappa shape index (κ1) is 15.4. The molecule has 0 aliphatic heterocycles. The fourth-order valence-electron chi connectivity index (χ4n) is 1.52. The summed E-state index contributed by atoms with van der Waals surface area (Å²) in [6.45, 7) is 3.88. The Morgan fingerprint density at radius 3 is 2.95 bits per heavy atom. The Labute approximate surface area is 113 Å². The molecule has 6 heteroatoms. The van der Waals surface area contributed by atoms with E-state index in [4.69, 9.17) is 4.74 Å². The van der Waals surface area contributed by atoms with Gasteiger partial charge in [-0.05, 0) is 19.1 Å². The summed E-state index contributed by atoms with van der Waals surface area (Å²) in [6, 6.07) is 3.37. The molecular weight excluding hydrogens is 246 g/mol. The number of nitrogens with one attached hydrogen (secondary N) is 2. The Kier molecular flexibility index (Phi) is 6.84. The topological polar surface area (TPSA) is 83.5 Å². The molecule has 0 bridgehead atoms. The number of methoxy groups -OCH3 is 1. The summed E-state index contributed by atoms with van der Waals surface area (Å²) < 4.78 is 4.83. The fraction of sp³-hybridized carbons (Fsp3) is 0.538. The molecule has 19 heavy (non-hydrogen) atoms. The molecule has 0 aliphatic rings. The van der Waals surface area contributed by atoms with Crippen molar-refractivity contribution in [3.63, 3.8) is 0 Å². The van der Waals surface area contributed by atoms with Crippen LogP contribution in [0.5, 0.6) is 5.75 Å². The minimum absolute atomic E-state index is 0.0222. The van der Waals surface area contributed by atoms with Gasteiger partial charge in [0.2, 0.25) is 5.91 Å². The number of carbonyl (C=O) groups excluding carboxylic acids is 1. The second-order valence-electron chi connectivity index (χ2n) is 4.19. The second-order valence-corrected chi connectivity index (χ2v) is 4.19. The van der Waals surface area contributed by atoms with E-state index in [0.29, 0.717) is 38.4 Å². The van der Waals surface area contributed by atoms with Crippen LogP contribution in [0.25, 0.3) is 0 Å². The summed E-state index contributed by atoms with van der Waals surface area (Å²) in [6.07, 6.45) is 0.385. The molecule has 0 radical (unpaired) electrons. The Morgan fingerprint density at radius 2 is 2.21 bits per heavy atom. The number of amides is 1. The first-order chi connectivity index (χ1) is 9.13. The molecule has 1 rings (SSSR count). The van der Waals surface area contributed by atoms with E-state index in [2.05, 4.69) is 15.6 Å². The third-order valence-corrected chi connectivity index (χ3v) is 2.54. The Bertz CT molecular complexity index is 410. The van der Waals surface area contributed by atoms with Crippen molar-refractivity contribution in [2.24, 2.45) is 0 Å². The van der Waals surface area contributed by atoms with Crippen LogP contribution >= 0.6 is 0 Å². The van der Waals surface area contributed by atoms with Crippen LogP contribution in [-0.2, 0) is 16.1 Å². The highest BCUT2D eigenvalue weighted by Crippen LogP contribution is 2.13. The van der Waals surface area contributed by atoms with E-state index in [1.807, 2.05) is 6.92 Å². The SMILES string of the molecule is COCCNC(=O)CCNCc1nc(C)ccc1O. The van der Waals surface area contributed by atoms with Gasteiger partial charge in [-0.3, -0.25) is 9.78 Å². The van der Waals surface area contributed by atoms with Crippen LogP contribution in [-0.4, -0.2) is 42.8 Å². The molecule has 1 aromatic heterocycles. The predicted molar refractivity (Wildman–Crippen MR) is 71.8 cm³/mol. The van der Waals surface area contributed by atoms with Gasteiger partial charge in [0.1, 0.15) is 5.75 Å². The molecule has 1 aromatic rings. The summed E-state index contributed by atoms with van der Waals surface area (Å²) in [7, 11) is 1.59. The molecule has 0 aromatic carbocycles. The smallest absolute Gasteiger partial charge is 0.221 e. The number of pyridine rings is 1. The van der Waals surface area contributed by atoms with Gasteiger partial charge in [0.25, 0.3) is 0 Å². The first-order valence-corrected chi connectivity index (χ1v) is 6.25. The van der Waals surface area contributed by atoms with Crippen molar-refractivity contribution in [2.75, 3.05) is 26.8 Å². The van der Waals surface area contributed by atoms with Crippen LogP contribution in [0.3, 0.4) is 0 Å². The number of rotatable bonds is 8. The van der Waals surface area contributed by atoms with Gasteiger partial charge in [-0.1, -0.05) is 0 Å². The van der Waals surface area contributed by atoms with Crippen LogP contribution in [0.4, 0.5) is 0 Å². The highest BCUT2D eigenvalue weighted by molar-refractivity contribution is 5.76. The average molecular weight is 267 g/mol. The van der Waals surface area contributed by atoms with Crippen LogP contribution in [0.2, 0.25) is 0 Å². The highest BCUT2D eigenvalue weighted by atomic mass is 16.5. The zero-order valence-electron chi connectivity index (χ0n) is 11.4. The van der Waals surface area contributed by atoms with Gasteiger partial charge in [-0.2, -0.15) is 0 Å². The predicted octanol–water partition coefficient (Wildman–Crippen LogP) is 0.338. The molecule has 0 aliphatic carbocycles. The van der Waals surface area contributed by atoms with Crippen LogP contribution in [0.15, 0.2) is 12.1 Å². The van der Waals surface area contributed by atoms with E-state index >= 15 is 0 Å². The van der Waals surface area contributed by atoms with E-state index in [1.165, 1.54) is 0 Å². The standard InChI is InChI=1S/C13H21N3O3/c1-10-3-4-12(17)11(16-10)9-14-6-5-13(18)15-7-8-19-2/h3-4,14,17H,5-9H2,1-2H3,(H,15,18).